The van der Waals surface area contributed by atoms with Crippen LogP contribution in [0.2, 0.25) is 0 Å². The van der Waals surface area contributed by atoms with Crippen LogP contribution in [0, 0.1) is 12.7 Å². The van der Waals surface area contributed by atoms with Crippen LogP contribution in [0.3, 0.4) is 0 Å². The highest BCUT2D eigenvalue weighted by atomic mass is 32.2. The number of benzene rings is 2. The molecule has 0 aliphatic carbocycles. The molecule has 0 spiro atoms. The lowest BCUT2D eigenvalue weighted by Crippen LogP contribution is -1.92. The van der Waals surface area contributed by atoms with Crippen molar-refractivity contribution in [3.63, 3.8) is 0 Å². The molecule has 0 saturated heterocycles. The highest BCUT2D eigenvalue weighted by Crippen LogP contribution is 2.31. The summed E-state index contributed by atoms with van der Waals surface area (Å²) >= 11 is 1.64. The van der Waals surface area contributed by atoms with Crippen molar-refractivity contribution in [1.82, 2.24) is 4.98 Å². The molecule has 1 aromatic heterocycles. The Labute approximate surface area is 127 Å². The van der Waals surface area contributed by atoms with E-state index >= 15 is 0 Å². The van der Waals surface area contributed by atoms with Gasteiger partial charge in [-0.15, -0.1) is 11.8 Å². The van der Waals surface area contributed by atoms with Gasteiger partial charge < -0.3 is 5.73 Å². The zero-order valence-electron chi connectivity index (χ0n) is 11.6. The van der Waals surface area contributed by atoms with E-state index in [0.29, 0.717) is 11.1 Å². The lowest BCUT2D eigenvalue weighted by molar-refractivity contribution is 0.639. The van der Waals surface area contributed by atoms with Gasteiger partial charge in [-0.05, 0) is 48.4 Å². The largest absolute Gasteiger partial charge is 0.398 e. The number of fused-ring (bicyclic) bond motifs is 1. The van der Waals surface area contributed by atoms with Crippen LogP contribution >= 0.6 is 11.8 Å². The maximum Gasteiger partial charge on any atom is 0.132 e. The standard InChI is InChI=1S/C17H15FN2S/c1-11-4-7-16(15(19)9-11)21-10-12-5-6-14(18)13-3-2-8-20-17(12)13/h2-9H,10,19H2,1H3. The van der Waals surface area contributed by atoms with Crippen LogP contribution < -0.4 is 5.73 Å². The predicted octanol–water partition coefficient (Wildman–Crippen LogP) is 4.56. The smallest absolute Gasteiger partial charge is 0.132 e. The van der Waals surface area contributed by atoms with Crippen LogP contribution in [-0.4, -0.2) is 4.98 Å². The van der Waals surface area contributed by atoms with Crippen LogP contribution in [0.5, 0.6) is 0 Å². The number of aromatic nitrogens is 1. The average Bonchev–Trinajstić information content (AvgIpc) is 2.48. The Hall–Kier alpha value is -2.07. The monoisotopic (exact) mass is 298 g/mol. The molecule has 1 heterocycles. The van der Waals surface area contributed by atoms with Gasteiger partial charge in [0.05, 0.1) is 5.52 Å². The number of hydrogen-bond donors (Lipinski definition) is 1. The molecule has 2 N–H and O–H groups in total. The molecule has 0 radical (unpaired) electrons. The van der Waals surface area contributed by atoms with Gasteiger partial charge in [0.15, 0.2) is 0 Å². The number of halogens is 1. The minimum Gasteiger partial charge on any atom is -0.398 e. The molecule has 0 fully saturated rings. The fourth-order valence-corrected chi connectivity index (χ4v) is 3.20. The van der Waals surface area contributed by atoms with Gasteiger partial charge in [-0.1, -0.05) is 12.1 Å². The molecule has 0 amide bonds. The van der Waals surface area contributed by atoms with E-state index in [1.165, 1.54) is 6.07 Å². The first kappa shape index (κ1) is 13.9. The molecule has 0 unspecified atom stereocenters. The van der Waals surface area contributed by atoms with Crippen molar-refractivity contribution in [3.8, 4) is 0 Å². The Kier molecular flexibility index (Phi) is 3.80. The normalized spacial score (nSPS) is 11.0. The van der Waals surface area contributed by atoms with Gasteiger partial charge in [0, 0.05) is 27.9 Å². The van der Waals surface area contributed by atoms with Crippen molar-refractivity contribution in [1.29, 1.82) is 0 Å². The molecule has 3 aromatic rings. The number of nitrogens with two attached hydrogens (primary N) is 1. The SMILES string of the molecule is Cc1ccc(SCc2ccc(F)c3cccnc23)c(N)c1. The van der Waals surface area contributed by atoms with Gasteiger partial charge in [-0.3, -0.25) is 4.98 Å². The molecular formula is C17H15FN2S. The third-order valence-electron chi connectivity index (χ3n) is 3.35. The number of nitrogen functional groups attached to an aromatic ring is 1. The third kappa shape index (κ3) is 2.85. The summed E-state index contributed by atoms with van der Waals surface area (Å²) in [5, 5.41) is 0.562. The minimum atomic E-state index is -0.235. The molecule has 0 bridgehead atoms. The molecule has 0 aliphatic rings. The molecule has 0 saturated carbocycles. The lowest BCUT2D eigenvalue weighted by Gasteiger charge is -2.08. The van der Waals surface area contributed by atoms with Gasteiger partial charge in [-0.25, -0.2) is 4.39 Å². The molecule has 3 rings (SSSR count). The summed E-state index contributed by atoms with van der Waals surface area (Å²) in [7, 11) is 0. The Balaban J connectivity index is 1.90. The Morgan fingerprint density at radius 1 is 1.19 bits per heavy atom. The highest BCUT2D eigenvalue weighted by Gasteiger charge is 2.08. The van der Waals surface area contributed by atoms with E-state index in [4.69, 9.17) is 5.73 Å². The van der Waals surface area contributed by atoms with Gasteiger partial charge in [0.1, 0.15) is 5.82 Å². The van der Waals surface area contributed by atoms with Crippen LogP contribution in [0.1, 0.15) is 11.1 Å². The maximum absolute atomic E-state index is 13.8. The van der Waals surface area contributed by atoms with Crippen molar-refractivity contribution < 1.29 is 4.39 Å². The Morgan fingerprint density at radius 2 is 2.05 bits per heavy atom. The molecule has 106 valence electrons. The summed E-state index contributed by atoms with van der Waals surface area (Å²) in [6, 6.07) is 12.8. The average molecular weight is 298 g/mol. The number of rotatable bonds is 3. The second-order valence-electron chi connectivity index (χ2n) is 4.94. The number of anilines is 1. The molecular weight excluding hydrogens is 283 g/mol. The fraction of sp³-hybridized carbons (Fsp3) is 0.118. The van der Waals surface area contributed by atoms with Gasteiger partial charge in [-0.2, -0.15) is 0 Å². The van der Waals surface area contributed by atoms with E-state index in [1.54, 1.807) is 36.2 Å². The summed E-state index contributed by atoms with van der Waals surface area (Å²) in [6.07, 6.45) is 1.69. The van der Waals surface area contributed by atoms with Crippen LogP contribution in [-0.2, 0) is 5.75 Å². The molecule has 2 aromatic carbocycles. The maximum atomic E-state index is 13.8. The topological polar surface area (TPSA) is 38.9 Å². The van der Waals surface area contributed by atoms with Crippen molar-refractivity contribution in [2.45, 2.75) is 17.6 Å². The van der Waals surface area contributed by atoms with Crippen molar-refractivity contribution >= 4 is 28.4 Å². The summed E-state index contributed by atoms with van der Waals surface area (Å²) in [4.78, 5) is 5.34. The molecule has 21 heavy (non-hydrogen) atoms. The van der Waals surface area contributed by atoms with E-state index in [2.05, 4.69) is 4.98 Å². The summed E-state index contributed by atoms with van der Waals surface area (Å²) < 4.78 is 13.8. The molecule has 2 nitrogen and oxygen atoms in total. The fourth-order valence-electron chi connectivity index (χ4n) is 2.27. The number of thioether (sulfide) groups is 1. The van der Waals surface area contributed by atoms with Gasteiger partial charge in [0.25, 0.3) is 0 Å². The molecule has 0 atom stereocenters. The van der Waals surface area contributed by atoms with E-state index in [0.717, 1.165) is 27.2 Å². The minimum absolute atomic E-state index is 0.235. The second-order valence-corrected chi connectivity index (χ2v) is 5.95. The quantitative estimate of drug-likeness (QED) is 0.569. The zero-order chi connectivity index (χ0) is 14.8. The second kappa shape index (κ2) is 5.74. The number of nitrogens with zero attached hydrogens (tertiary/aromatic N) is 1. The zero-order valence-corrected chi connectivity index (χ0v) is 12.5. The van der Waals surface area contributed by atoms with E-state index in [1.807, 2.05) is 25.1 Å². The predicted molar refractivity (Wildman–Crippen MR) is 86.9 cm³/mol. The number of aryl methyl sites for hydroxylation is 1. The summed E-state index contributed by atoms with van der Waals surface area (Å²) in [5.74, 6) is 0.475. The van der Waals surface area contributed by atoms with Crippen molar-refractivity contribution in [3.05, 3.63) is 65.6 Å². The summed E-state index contributed by atoms with van der Waals surface area (Å²) in [6.45, 7) is 2.02. The van der Waals surface area contributed by atoms with Gasteiger partial charge in [0.2, 0.25) is 0 Å². The van der Waals surface area contributed by atoms with Crippen LogP contribution in [0.4, 0.5) is 10.1 Å². The summed E-state index contributed by atoms with van der Waals surface area (Å²) in [5.41, 5.74) is 9.68. The van der Waals surface area contributed by atoms with Crippen LogP contribution in [0.25, 0.3) is 10.9 Å². The molecule has 4 heteroatoms. The number of pyridine rings is 1. The van der Waals surface area contributed by atoms with E-state index in [9.17, 15) is 4.39 Å². The highest BCUT2D eigenvalue weighted by molar-refractivity contribution is 7.98. The Morgan fingerprint density at radius 3 is 2.86 bits per heavy atom. The van der Waals surface area contributed by atoms with Crippen molar-refractivity contribution in [2.24, 2.45) is 0 Å². The van der Waals surface area contributed by atoms with E-state index < -0.39 is 0 Å². The van der Waals surface area contributed by atoms with Crippen LogP contribution in [0.15, 0.2) is 53.6 Å². The van der Waals surface area contributed by atoms with Gasteiger partial charge >= 0.3 is 0 Å². The first-order valence-electron chi connectivity index (χ1n) is 6.66. The number of hydrogen-bond acceptors (Lipinski definition) is 3. The van der Waals surface area contributed by atoms with E-state index in [-0.39, 0.29) is 5.82 Å². The molecule has 0 aliphatic heterocycles. The van der Waals surface area contributed by atoms with Crippen molar-refractivity contribution in [2.75, 3.05) is 5.73 Å². The first-order chi connectivity index (χ1) is 10.1. The Bertz CT molecular complexity index is 802. The first-order valence-corrected chi connectivity index (χ1v) is 7.65. The third-order valence-corrected chi connectivity index (χ3v) is 4.49. The lowest BCUT2D eigenvalue weighted by atomic mass is 10.1.